The van der Waals surface area contributed by atoms with E-state index in [4.69, 9.17) is 9.47 Å². The van der Waals surface area contributed by atoms with E-state index < -0.39 is 0 Å². The Kier molecular flexibility index (Phi) is 6.31. The van der Waals surface area contributed by atoms with E-state index >= 15 is 0 Å². The van der Waals surface area contributed by atoms with E-state index in [9.17, 15) is 9.59 Å². The zero-order valence-electron chi connectivity index (χ0n) is 16.7. The molecule has 0 radical (unpaired) electrons. The molecule has 3 heterocycles. The highest BCUT2D eigenvalue weighted by Gasteiger charge is 2.43. The Bertz CT molecular complexity index is 827. The van der Waals surface area contributed by atoms with Crippen LogP contribution in [0, 0.1) is 12.8 Å². The van der Waals surface area contributed by atoms with E-state index in [1.807, 2.05) is 48.7 Å². The predicted octanol–water partition coefficient (Wildman–Crippen LogP) is 4.65. The van der Waals surface area contributed by atoms with Crippen LogP contribution < -0.4 is 4.90 Å². The molecule has 29 heavy (non-hydrogen) atoms. The fraction of sp³-hybridized carbons (Fsp3) is 0.478. The summed E-state index contributed by atoms with van der Waals surface area (Å²) in [5, 5.41) is 1.99. The van der Waals surface area contributed by atoms with Crippen molar-refractivity contribution >= 4 is 28.9 Å². The first-order valence-electron chi connectivity index (χ1n) is 10.3. The van der Waals surface area contributed by atoms with Crippen LogP contribution in [0.1, 0.15) is 48.6 Å². The Morgan fingerprint density at radius 1 is 1.21 bits per heavy atom. The lowest BCUT2D eigenvalue weighted by molar-refractivity contribution is -0.156. The van der Waals surface area contributed by atoms with Crippen molar-refractivity contribution in [2.24, 2.45) is 5.92 Å². The van der Waals surface area contributed by atoms with Gasteiger partial charge in [0.15, 0.2) is 0 Å². The molecule has 2 fully saturated rings. The van der Waals surface area contributed by atoms with E-state index in [1.54, 1.807) is 16.2 Å². The first-order chi connectivity index (χ1) is 14.1. The van der Waals surface area contributed by atoms with E-state index in [0.29, 0.717) is 19.4 Å². The second-order valence-electron chi connectivity index (χ2n) is 7.82. The van der Waals surface area contributed by atoms with Crippen LogP contribution in [0.15, 0.2) is 41.8 Å². The summed E-state index contributed by atoms with van der Waals surface area (Å²) in [5.41, 5.74) is 1.96. The SMILES string of the molecule is Cc1ccc(N2C(=O)CCC(C(=O)OCC3CCCCO3)C2c2cccs2)cc1. The predicted molar refractivity (Wildman–Crippen MR) is 113 cm³/mol. The third-order valence-corrected chi connectivity index (χ3v) is 6.68. The third kappa shape index (κ3) is 4.54. The Hall–Kier alpha value is -2.18. The van der Waals surface area contributed by atoms with Crippen LogP contribution in [0.2, 0.25) is 0 Å². The molecule has 2 aliphatic rings. The smallest absolute Gasteiger partial charge is 0.311 e. The molecule has 2 saturated heterocycles. The van der Waals surface area contributed by atoms with Gasteiger partial charge in [0.2, 0.25) is 5.91 Å². The Morgan fingerprint density at radius 2 is 2.03 bits per heavy atom. The van der Waals surface area contributed by atoms with Crippen LogP contribution >= 0.6 is 11.3 Å². The van der Waals surface area contributed by atoms with Gasteiger partial charge in [0.05, 0.1) is 18.1 Å². The van der Waals surface area contributed by atoms with Gasteiger partial charge in [-0.1, -0.05) is 23.8 Å². The summed E-state index contributed by atoms with van der Waals surface area (Å²) in [4.78, 5) is 28.8. The maximum atomic E-state index is 13.1. The number of hydrogen-bond acceptors (Lipinski definition) is 5. The van der Waals surface area contributed by atoms with Crippen molar-refractivity contribution in [3.05, 3.63) is 52.2 Å². The zero-order valence-corrected chi connectivity index (χ0v) is 17.5. The van der Waals surface area contributed by atoms with Crippen LogP contribution in [0.4, 0.5) is 5.69 Å². The normalized spacial score (nSPS) is 25.1. The van der Waals surface area contributed by atoms with Crippen molar-refractivity contribution in [2.75, 3.05) is 18.1 Å². The molecule has 5 nitrogen and oxygen atoms in total. The van der Waals surface area contributed by atoms with Crippen LogP contribution in [0.5, 0.6) is 0 Å². The van der Waals surface area contributed by atoms with E-state index in [0.717, 1.165) is 42.0 Å². The molecule has 1 aromatic carbocycles. The summed E-state index contributed by atoms with van der Waals surface area (Å²) in [5.74, 6) is -0.564. The molecule has 2 aliphatic heterocycles. The van der Waals surface area contributed by atoms with Gasteiger partial charge in [-0.15, -0.1) is 11.3 Å². The van der Waals surface area contributed by atoms with Gasteiger partial charge >= 0.3 is 5.97 Å². The second-order valence-corrected chi connectivity index (χ2v) is 8.80. The number of anilines is 1. The summed E-state index contributed by atoms with van der Waals surface area (Å²) in [6.07, 6.45) is 3.95. The van der Waals surface area contributed by atoms with E-state index in [1.165, 1.54) is 0 Å². The number of rotatable bonds is 5. The minimum atomic E-state index is -0.378. The molecular formula is C23H27NO4S. The van der Waals surface area contributed by atoms with Crippen LogP contribution in [-0.4, -0.2) is 31.2 Å². The summed E-state index contributed by atoms with van der Waals surface area (Å²) >= 11 is 1.57. The first kappa shape index (κ1) is 20.1. The van der Waals surface area contributed by atoms with Crippen LogP contribution in [0.25, 0.3) is 0 Å². The molecule has 1 aromatic heterocycles. The molecule has 0 spiro atoms. The van der Waals surface area contributed by atoms with Crippen molar-refractivity contribution in [3.63, 3.8) is 0 Å². The molecule has 0 aliphatic carbocycles. The molecule has 6 heteroatoms. The third-order valence-electron chi connectivity index (χ3n) is 5.73. The lowest BCUT2D eigenvalue weighted by Crippen LogP contribution is -2.46. The lowest BCUT2D eigenvalue weighted by atomic mass is 9.87. The lowest BCUT2D eigenvalue weighted by Gasteiger charge is -2.39. The number of hydrogen-bond donors (Lipinski definition) is 0. The molecule has 4 rings (SSSR count). The van der Waals surface area contributed by atoms with Crippen molar-refractivity contribution in [1.29, 1.82) is 0 Å². The number of thiophene rings is 1. The van der Waals surface area contributed by atoms with E-state index in [-0.39, 0.29) is 29.9 Å². The van der Waals surface area contributed by atoms with Gasteiger partial charge in [-0.25, -0.2) is 0 Å². The number of piperidine rings is 1. The molecular weight excluding hydrogens is 386 g/mol. The monoisotopic (exact) mass is 413 g/mol. The summed E-state index contributed by atoms with van der Waals surface area (Å²) in [6.45, 7) is 3.05. The van der Waals surface area contributed by atoms with Crippen molar-refractivity contribution < 1.29 is 19.1 Å². The van der Waals surface area contributed by atoms with Crippen LogP contribution in [0.3, 0.4) is 0 Å². The van der Waals surface area contributed by atoms with Crippen molar-refractivity contribution in [1.82, 2.24) is 0 Å². The standard InChI is InChI=1S/C23H27NO4S/c1-16-7-9-17(10-8-16)24-21(25)12-11-19(22(24)20-6-4-14-29-20)23(26)28-15-18-5-2-3-13-27-18/h4,6-10,14,18-19,22H,2-3,5,11-13,15H2,1H3. The topological polar surface area (TPSA) is 55.8 Å². The number of ether oxygens (including phenoxy) is 2. The minimum absolute atomic E-state index is 0.00804. The maximum Gasteiger partial charge on any atom is 0.311 e. The van der Waals surface area contributed by atoms with Crippen LogP contribution in [-0.2, 0) is 19.1 Å². The highest BCUT2D eigenvalue weighted by molar-refractivity contribution is 7.10. The van der Waals surface area contributed by atoms with Gasteiger partial charge in [0.1, 0.15) is 6.61 Å². The zero-order chi connectivity index (χ0) is 20.2. The summed E-state index contributed by atoms with van der Waals surface area (Å²) in [7, 11) is 0. The van der Waals surface area contributed by atoms with Crippen molar-refractivity contribution in [3.8, 4) is 0 Å². The second kappa shape index (κ2) is 9.09. The Morgan fingerprint density at radius 3 is 2.72 bits per heavy atom. The molecule has 0 N–H and O–H groups in total. The Balaban J connectivity index is 1.57. The van der Waals surface area contributed by atoms with Gasteiger partial charge in [-0.05, 0) is 56.2 Å². The molecule has 3 atom stereocenters. The highest BCUT2D eigenvalue weighted by atomic mass is 32.1. The van der Waals surface area contributed by atoms with Gasteiger partial charge in [0.25, 0.3) is 0 Å². The quantitative estimate of drug-likeness (QED) is 0.670. The molecule has 2 aromatic rings. The number of nitrogens with zero attached hydrogens (tertiary/aromatic N) is 1. The molecule has 0 saturated carbocycles. The number of carbonyl (C=O) groups is 2. The maximum absolute atomic E-state index is 13.1. The van der Waals surface area contributed by atoms with Gasteiger partial charge in [0, 0.05) is 23.6 Å². The number of benzene rings is 1. The average Bonchev–Trinajstić information content (AvgIpc) is 3.28. The fourth-order valence-electron chi connectivity index (χ4n) is 4.16. The largest absolute Gasteiger partial charge is 0.463 e. The van der Waals surface area contributed by atoms with Gasteiger partial charge in [-0.3, -0.25) is 9.59 Å². The summed E-state index contributed by atoms with van der Waals surface area (Å²) in [6, 6.07) is 11.5. The average molecular weight is 414 g/mol. The minimum Gasteiger partial charge on any atom is -0.463 e. The highest BCUT2D eigenvalue weighted by Crippen LogP contribution is 2.42. The molecule has 0 bridgehead atoms. The summed E-state index contributed by atoms with van der Waals surface area (Å²) < 4.78 is 11.4. The number of esters is 1. The van der Waals surface area contributed by atoms with E-state index in [2.05, 4.69) is 0 Å². The Labute approximate surface area is 175 Å². The fourth-order valence-corrected chi connectivity index (χ4v) is 5.04. The number of aryl methyl sites for hydroxylation is 1. The van der Waals surface area contributed by atoms with Crippen molar-refractivity contribution in [2.45, 2.75) is 51.2 Å². The number of carbonyl (C=O) groups excluding carboxylic acids is 2. The number of amides is 1. The molecule has 1 amide bonds. The first-order valence-corrected chi connectivity index (χ1v) is 11.2. The molecule has 154 valence electrons. The van der Waals surface area contributed by atoms with Gasteiger partial charge in [-0.2, -0.15) is 0 Å². The van der Waals surface area contributed by atoms with Gasteiger partial charge < -0.3 is 14.4 Å². The molecule has 3 unspecified atom stereocenters.